The fourth-order valence-corrected chi connectivity index (χ4v) is 2.74. The largest absolute Gasteiger partial charge is 0.416 e. The molecule has 6 nitrogen and oxygen atoms in total. The van der Waals surface area contributed by atoms with Crippen LogP contribution >= 0.6 is 0 Å². The van der Waals surface area contributed by atoms with Gasteiger partial charge in [-0.25, -0.2) is 4.68 Å². The summed E-state index contributed by atoms with van der Waals surface area (Å²) in [4.78, 5) is 12.4. The molecule has 0 spiro atoms. The van der Waals surface area contributed by atoms with Gasteiger partial charge >= 0.3 is 6.18 Å². The molecule has 1 heterocycles. The molecular formula is C17H22F3N5O. The van der Waals surface area contributed by atoms with E-state index in [-0.39, 0.29) is 17.9 Å². The standard InChI is InChI=1S/C17H22F3N5O/c1-11(2)8-16(3,10-21)22-15(26)14-9-25(24-23-14)13-6-4-5-12(7-13)17(18,19)20/h4-7,9,11H,8,10,21H2,1-3H3,(H,22,26). The molecule has 0 bridgehead atoms. The normalized spacial score (nSPS) is 14.3. The monoisotopic (exact) mass is 369 g/mol. The van der Waals surface area contributed by atoms with Crippen molar-refractivity contribution in [1.82, 2.24) is 20.3 Å². The number of rotatable bonds is 6. The van der Waals surface area contributed by atoms with Gasteiger partial charge in [0.2, 0.25) is 0 Å². The van der Waals surface area contributed by atoms with E-state index < -0.39 is 23.2 Å². The molecule has 1 amide bonds. The number of nitrogens with one attached hydrogen (secondary N) is 1. The van der Waals surface area contributed by atoms with E-state index in [9.17, 15) is 18.0 Å². The molecule has 0 radical (unpaired) electrons. The number of carbonyl (C=O) groups excluding carboxylic acids is 1. The molecule has 0 saturated heterocycles. The fraction of sp³-hybridized carbons (Fsp3) is 0.471. The van der Waals surface area contributed by atoms with Crippen molar-refractivity contribution in [2.24, 2.45) is 11.7 Å². The fourth-order valence-electron chi connectivity index (χ4n) is 2.74. The number of nitrogens with zero attached hydrogens (tertiary/aromatic N) is 3. The van der Waals surface area contributed by atoms with Crippen molar-refractivity contribution in [2.45, 2.75) is 38.9 Å². The molecule has 0 aliphatic rings. The molecule has 0 aliphatic carbocycles. The minimum Gasteiger partial charge on any atom is -0.344 e. The van der Waals surface area contributed by atoms with Gasteiger partial charge in [0.05, 0.1) is 23.0 Å². The van der Waals surface area contributed by atoms with Crippen molar-refractivity contribution >= 4 is 5.91 Å². The highest BCUT2D eigenvalue weighted by Gasteiger charge is 2.31. The molecule has 142 valence electrons. The Balaban J connectivity index is 2.21. The van der Waals surface area contributed by atoms with Crippen LogP contribution in [0.15, 0.2) is 30.5 Å². The first kappa shape index (κ1) is 19.9. The number of amides is 1. The van der Waals surface area contributed by atoms with Crippen molar-refractivity contribution in [3.63, 3.8) is 0 Å². The maximum atomic E-state index is 12.8. The maximum Gasteiger partial charge on any atom is 0.416 e. The number of benzene rings is 1. The predicted molar refractivity (Wildman–Crippen MR) is 90.7 cm³/mol. The van der Waals surface area contributed by atoms with Crippen LogP contribution < -0.4 is 11.1 Å². The number of halogens is 3. The lowest BCUT2D eigenvalue weighted by molar-refractivity contribution is -0.137. The van der Waals surface area contributed by atoms with Crippen LogP contribution in [0.1, 0.15) is 43.2 Å². The zero-order chi connectivity index (χ0) is 19.5. The molecule has 2 aromatic rings. The lowest BCUT2D eigenvalue weighted by atomic mass is 9.90. The number of aromatic nitrogens is 3. The molecule has 1 aromatic heterocycles. The highest BCUT2D eigenvalue weighted by atomic mass is 19.4. The van der Waals surface area contributed by atoms with Gasteiger partial charge in [0.25, 0.3) is 5.91 Å². The highest BCUT2D eigenvalue weighted by Crippen LogP contribution is 2.30. The van der Waals surface area contributed by atoms with Gasteiger partial charge in [-0.15, -0.1) is 5.10 Å². The average molecular weight is 369 g/mol. The van der Waals surface area contributed by atoms with Gasteiger partial charge in [0.1, 0.15) is 0 Å². The smallest absolute Gasteiger partial charge is 0.344 e. The van der Waals surface area contributed by atoms with E-state index in [0.29, 0.717) is 12.3 Å². The zero-order valence-corrected chi connectivity index (χ0v) is 14.8. The molecule has 1 aromatic carbocycles. The summed E-state index contributed by atoms with van der Waals surface area (Å²) in [6.07, 6.45) is -2.50. The van der Waals surface area contributed by atoms with Gasteiger partial charge in [-0.05, 0) is 37.5 Å². The van der Waals surface area contributed by atoms with E-state index in [1.807, 2.05) is 20.8 Å². The third kappa shape index (κ3) is 4.81. The number of carbonyl (C=O) groups is 1. The topological polar surface area (TPSA) is 85.8 Å². The van der Waals surface area contributed by atoms with Crippen LogP contribution in [-0.4, -0.2) is 33.0 Å². The van der Waals surface area contributed by atoms with Gasteiger partial charge in [-0.3, -0.25) is 4.79 Å². The first-order valence-corrected chi connectivity index (χ1v) is 8.16. The summed E-state index contributed by atoms with van der Waals surface area (Å²) in [5, 5.41) is 10.3. The molecule has 2 rings (SSSR count). The first-order chi connectivity index (χ1) is 12.0. The molecule has 0 aliphatic heterocycles. The molecular weight excluding hydrogens is 347 g/mol. The van der Waals surface area contributed by atoms with Crippen LogP contribution in [0, 0.1) is 5.92 Å². The van der Waals surface area contributed by atoms with Crippen molar-refractivity contribution in [2.75, 3.05) is 6.54 Å². The van der Waals surface area contributed by atoms with Crippen molar-refractivity contribution in [3.05, 3.63) is 41.7 Å². The summed E-state index contributed by atoms with van der Waals surface area (Å²) in [6.45, 7) is 6.12. The van der Waals surface area contributed by atoms with Gasteiger partial charge in [-0.2, -0.15) is 13.2 Å². The molecule has 0 saturated carbocycles. The first-order valence-electron chi connectivity index (χ1n) is 8.16. The van der Waals surface area contributed by atoms with Gasteiger partial charge in [-0.1, -0.05) is 25.1 Å². The zero-order valence-electron chi connectivity index (χ0n) is 14.8. The van der Waals surface area contributed by atoms with Crippen molar-refractivity contribution in [3.8, 4) is 5.69 Å². The quantitative estimate of drug-likeness (QED) is 0.820. The molecule has 0 fully saturated rings. The van der Waals surface area contributed by atoms with Crippen LogP contribution in [0.25, 0.3) is 5.69 Å². The Hall–Kier alpha value is -2.42. The Bertz CT molecular complexity index is 772. The Morgan fingerprint density at radius 2 is 2.04 bits per heavy atom. The van der Waals surface area contributed by atoms with Gasteiger partial charge in [0, 0.05) is 6.54 Å². The van der Waals surface area contributed by atoms with E-state index in [0.717, 1.165) is 16.8 Å². The Labute approximate surface area is 149 Å². The van der Waals surface area contributed by atoms with E-state index in [4.69, 9.17) is 5.73 Å². The third-order valence-corrected chi connectivity index (χ3v) is 3.89. The minimum atomic E-state index is -4.46. The Morgan fingerprint density at radius 1 is 1.35 bits per heavy atom. The van der Waals surface area contributed by atoms with Crippen LogP contribution in [0.2, 0.25) is 0 Å². The lowest BCUT2D eigenvalue weighted by Gasteiger charge is -2.30. The van der Waals surface area contributed by atoms with E-state index in [2.05, 4.69) is 15.6 Å². The number of hydrogen-bond acceptors (Lipinski definition) is 4. The molecule has 1 atom stereocenters. The van der Waals surface area contributed by atoms with Crippen molar-refractivity contribution < 1.29 is 18.0 Å². The number of nitrogens with two attached hydrogens (primary N) is 1. The minimum absolute atomic E-state index is 0.00541. The average Bonchev–Trinajstić information content (AvgIpc) is 3.03. The highest BCUT2D eigenvalue weighted by molar-refractivity contribution is 5.92. The molecule has 3 N–H and O–H groups in total. The summed E-state index contributed by atoms with van der Waals surface area (Å²) in [6, 6.07) is 4.63. The van der Waals surface area contributed by atoms with Crippen molar-refractivity contribution in [1.29, 1.82) is 0 Å². The summed E-state index contributed by atoms with van der Waals surface area (Å²) in [7, 11) is 0. The summed E-state index contributed by atoms with van der Waals surface area (Å²) < 4.78 is 39.6. The van der Waals surface area contributed by atoms with E-state index >= 15 is 0 Å². The van der Waals surface area contributed by atoms with Gasteiger partial charge < -0.3 is 11.1 Å². The summed E-state index contributed by atoms with van der Waals surface area (Å²) in [5.41, 5.74) is 4.53. The molecule has 9 heteroatoms. The number of hydrogen-bond donors (Lipinski definition) is 2. The molecule has 26 heavy (non-hydrogen) atoms. The second-order valence-corrected chi connectivity index (χ2v) is 6.91. The second kappa shape index (κ2) is 7.45. The summed E-state index contributed by atoms with van der Waals surface area (Å²) in [5.74, 6) is -0.151. The Morgan fingerprint density at radius 3 is 2.62 bits per heavy atom. The SMILES string of the molecule is CC(C)CC(C)(CN)NC(=O)c1cn(-c2cccc(C(F)(F)F)c2)nn1. The third-order valence-electron chi connectivity index (χ3n) is 3.89. The van der Waals surface area contributed by atoms with Crippen LogP contribution in [0.5, 0.6) is 0 Å². The van der Waals surface area contributed by atoms with Crippen LogP contribution in [0.4, 0.5) is 13.2 Å². The van der Waals surface area contributed by atoms with E-state index in [1.165, 1.54) is 18.3 Å². The maximum absolute atomic E-state index is 12.8. The summed E-state index contributed by atoms with van der Waals surface area (Å²) >= 11 is 0. The predicted octanol–water partition coefficient (Wildman–Crippen LogP) is 2.78. The van der Waals surface area contributed by atoms with Gasteiger partial charge in [0.15, 0.2) is 5.69 Å². The number of alkyl halides is 3. The second-order valence-electron chi connectivity index (χ2n) is 6.91. The van der Waals surface area contributed by atoms with Crippen LogP contribution in [0.3, 0.4) is 0 Å². The van der Waals surface area contributed by atoms with E-state index in [1.54, 1.807) is 0 Å². The molecule has 1 unspecified atom stereocenters. The Kier molecular flexibility index (Phi) is 5.70. The lowest BCUT2D eigenvalue weighted by Crippen LogP contribution is -2.52. The van der Waals surface area contributed by atoms with Crippen LogP contribution in [-0.2, 0) is 6.18 Å².